The highest BCUT2D eigenvalue weighted by atomic mass is 32.2. The summed E-state index contributed by atoms with van der Waals surface area (Å²) in [6, 6.07) is 26.6. The zero-order chi connectivity index (χ0) is 18.1. The number of hydrogen-bond acceptors (Lipinski definition) is 2. The van der Waals surface area contributed by atoms with Gasteiger partial charge in [-0.25, -0.2) is 0 Å². The van der Waals surface area contributed by atoms with Crippen LogP contribution in [-0.2, 0) is 10.1 Å². The molecule has 0 fully saturated rings. The van der Waals surface area contributed by atoms with Crippen LogP contribution in [0.4, 0.5) is 0 Å². The molecule has 0 atom stereocenters. The summed E-state index contributed by atoms with van der Waals surface area (Å²) in [5.74, 6) is 0. The quantitative estimate of drug-likeness (QED) is 0.527. The summed E-state index contributed by atoms with van der Waals surface area (Å²) >= 11 is 0. The van der Waals surface area contributed by atoms with Gasteiger partial charge in [0.15, 0.2) is 0 Å². The third-order valence-corrected chi connectivity index (χ3v) is 4.25. The van der Waals surface area contributed by atoms with Crippen LogP contribution in [0, 0.1) is 6.92 Å². The van der Waals surface area contributed by atoms with Gasteiger partial charge in [0, 0.05) is 0 Å². The first kappa shape index (κ1) is 18.6. The van der Waals surface area contributed by atoms with Crippen molar-refractivity contribution in [1.82, 2.24) is 0 Å². The maximum absolute atomic E-state index is 10.5. The van der Waals surface area contributed by atoms with Gasteiger partial charge in [-0.1, -0.05) is 90.5 Å². The standard InChI is InChI=1S/C14H12.C7H8O3S/c1-3-7-13(8-4-1)11-12-14-9-5-2-6-10-14;1-6-2-4-7(5-3-6)11(8,9)10/h1-12H;2-5H,1H3,(H,8,9,10). The average Bonchev–Trinajstić information content (AvgIpc) is 2.62. The fraction of sp³-hybridized carbons (Fsp3) is 0.0476. The minimum Gasteiger partial charge on any atom is -0.282 e. The van der Waals surface area contributed by atoms with Crippen LogP contribution in [0.5, 0.6) is 0 Å². The maximum atomic E-state index is 10.5. The van der Waals surface area contributed by atoms with E-state index >= 15 is 0 Å². The number of aryl methyl sites for hydroxylation is 1. The molecule has 0 heterocycles. The fourth-order valence-electron chi connectivity index (χ4n) is 2.03. The predicted molar refractivity (Wildman–Crippen MR) is 103 cm³/mol. The van der Waals surface area contributed by atoms with Crippen molar-refractivity contribution in [1.29, 1.82) is 0 Å². The Balaban J connectivity index is 0.000000186. The Morgan fingerprint density at radius 2 is 1.08 bits per heavy atom. The monoisotopic (exact) mass is 352 g/mol. The summed E-state index contributed by atoms with van der Waals surface area (Å²) in [6.45, 7) is 1.84. The van der Waals surface area contributed by atoms with E-state index in [1.807, 2.05) is 43.3 Å². The van der Waals surface area contributed by atoms with E-state index in [0.29, 0.717) is 0 Å². The summed E-state index contributed by atoms with van der Waals surface area (Å²) in [5, 5.41) is 0. The second-order valence-electron chi connectivity index (χ2n) is 5.44. The molecule has 4 heteroatoms. The van der Waals surface area contributed by atoms with E-state index < -0.39 is 10.1 Å². The summed E-state index contributed by atoms with van der Waals surface area (Å²) in [7, 11) is -4.02. The third-order valence-electron chi connectivity index (χ3n) is 3.39. The molecule has 0 unspecified atom stereocenters. The lowest BCUT2D eigenvalue weighted by atomic mass is 10.1. The van der Waals surface area contributed by atoms with Crippen LogP contribution >= 0.6 is 0 Å². The molecule has 0 saturated heterocycles. The SMILES string of the molecule is C(=Cc1ccccc1)c1ccccc1.Cc1ccc(S(=O)(=O)O)cc1. The van der Waals surface area contributed by atoms with Crippen LogP contribution in [0.25, 0.3) is 12.2 Å². The molecule has 25 heavy (non-hydrogen) atoms. The first-order chi connectivity index (χ1) is 11.9. The van der Waals surface area contributed by atoms with E-state index in [9.17, 15) is 8.42 Å². The van der Waals surface area contributed by atoms with Crippen LogP contribution in [-0.4, -0.2) is 13.0 Å². The Bertz CT molecular complexity index is 857. The van der Waals surface area contributed by atoms with Crippen LogP contribution in [0.2, 0.25) is 0 Å². The first-order valence-corrected chi connectivity index (χ1v) is 9.21. The molecule has 0 amide bonds. The van der Waals surface area contributed by atoms with Gasteiger partial charge in [0.2, 0.25) is 0 Å². The van der Waals surface area contributed by atoms with Gasteiger partial charge in [-0.3, -0.25) is 4.55 Å². The molecule has 0 bridgehead atoms. The average molecular weight is 352 g/mol. The molecule has 3 aromatic carbocycles. The minimum atomic E-state index is -4.02. The predicted octanol–water partition coefficient (Wildman–Crippen LogP) is 5.10. The highest BCUT2D eigenvalue weighted by Crippen LogP contribution is 2.08. The van der Waals surface area contributed by atoms with E-state index in [2.05, 4.69) is 36.4 Å². The Morgan fingerprint density at radius 3 is 1.44 bits per heavy atom. The van der Waals surface area contributed by atoms with E-state index in [0.717, 1.165) is 5.56 Å². The molecule has 0 aliphatic rings. The molecule has 0 aliphatic heterocycles. The summed E-state index contributed by atoms with van der Waals surface area (Å²) in [6.07, 6.45) is 4.24. The summed E-state index contributed by atoms with van der Waals surface area (Å²) in [4.78, 5) is -0.0666. The van der Waals surface area contributed by atoms with Crippen molar-refractivity contribution >= 4 is 22.3 Å². The van der Waals surface area contributed by atoms with Crippen molar-refractivity contribution in [3.05, 3.63) is 102 Å². The van der Waals surface area contributed by atoms with E-state index in [4.69, 9.17) is 4.55 Å². The molecular formula is C21H20O3S. The van der Waals surface area contributed by atoms with Gasteiger partial charge in [-0.15, -0.1) is 0 Å². The van der Waals surface area contributed by atoms with Gasteiger partial charge in [-0.05, 0) is 30.2 Å². The molecule has 128 valence electrons. The van der Waals surface area contributed by atoms with Gasteiger partial charge in [-0.2, -0.15) is 8.42 Å². The van der Waals surface area contributed by atoms with Crippen LogP contribution in [0.15, 0.2) is 89.8 Å². The molecular weight excluding hydrogens is 332 g/mol. The normalized spacial score (nSPS) is 11.0. The lowest BCUT2D eigenvalue weighted by molar-refractivity contribution is 0.483. The van der Waals surface area contributed by atoms with Gasteiger partial charge >= 0.3 is 0 Å². The van der Waals surface area contributed by atoms with Crippen LogP contribution < -0.4 is 0 Å². The van der Waals surface area contributed by atoms with Gasteiger partial charge in [0.1, 0.15) is 0 Å². The van der Waals surface area contributed by atoms with Crippen LogP contribution in [0.1, 0.15) is 16.7 Å². The second-order valence-corrected chi connectivity index (χ2v) is 6.86. The van der Waals surface area contributed by atoms with Crippen molar-refractivity contribution in [3.8, 4) is 0 Å². The first-order valence-electron chi connectivity index (χ1n) is 7.77. The van der Waals surface area contributed by atoms with Gasteiger partial charge in [0.25, 0.3) is 10.1 Å². The summed E-state index contributed by atoms with van der Waals surface area (Å²) in [5.41, 5.74) is 3.42. The molecule has 0 radical (unpaired) electrons. The van der Waals surface area contributed by atoms with Crippen molar-refractivity contribution < 1.29 is 13.0 Å². The molecule has 1 N–H and O–H groups in total. The summed E-state index contributed by atoms with van der Waals surface area (Å²) < 4.78 is 29.6. The largest absolute Gasteiger partial charge is 0.294 e. The number of benzene rings is 3. The van der Waals surface area contributed by atoms with E-state index in [-0.39, 0.29) is 4.90 Å². The van der Waals surface area contributed by atoms with Gasteiger partial charge < -0.3 is 0 Å². The smallest absolute Gasteiger partial charge is 0.282 e. The lowest BCUT2D eigenvalue weighted by Crippen LogP contribution is -1.96. The maximum Gasteiger partial charge on any atom is 0.294 e. The molecule has 3 nitrogen and oxygen atoms in total. The second kappa shape index (κ2) is 8.97. The van der Waals surface area contributed by atoms with Crippen molar-refractivity contribution in [2.75, 3.05) is 0 Å². The van der Waals surface area contributed by atoms with Gasteiger partial charge in [0.05, 0.1) is 4.90 Å². The van der Waals surface area contributed by atoms with Crippen molar-refractivity contribution in [3.63, 3.8) is 0 Å². The topological polar surface area (TPSA) is 54.4 Å². The minimum absolute atomic E-state index is 0.0666. The highest BCUT2D eigenvalue weighted by Gasteiger charge is 2.06. The molecule has 0 aromatic heterocycles. The van der Waals surface area contributed by atoms with E-state index in [1.165, 1.54) is 23.3 Å². The molecule has 3 rings (SSSR count). The Morgan fingerprint density at radius 1 is 0.680 bits per heavy atom. The third kappa shape index (κ3) is 6.75. The lowest BCUT2D eigenvalue weighted by Gasteiger charge is -1.95. The zero-order valence-electron chi connectivity index (χ0n) is 13.9. The van der Waals surface area contributed by atoms with Crippen LogP contribution in [0.3, 0.4) is 0 Å². The molecule has 0 spiro atoms. The molecule has 0 saturated carbocycles. The highest BCUT2D eigenvalue weighted by molar-refractivity contribution is 7.85. The Hall–Kier alpha value is -2.69. The van der Waals surface area contributed by atoms with Crippen molar-refractivity contribution in [2.45, 2.75) is 11.8 Å². The Kier molecular flexibility index (Phi) is 6.69. The van der Waals surface area contributed by atoms with E-state index in [1.54, 1.807) is 12.1 Å². The Labute approximate surface area is 149 Å². The number of rotatable bonds is 3. The number of hydrogen-bond donors (Lipinski definition) is 1. The van der Waals surface area contributed by atoms with Crippen molar-refractivity contribution in [2.24, 2.45) is 0 Å². The molecule has 0 aliphatic carbocycles. The zero-order valence-corrected chi connectivity index (χ0v) is 14.7. The molecule has 3 aromatic rings. The fourth-order valence-corrected chi connectivity index (χ4v) is 2.51.